The van der Waals surface area contributed by atoms with Crippen molar-refractivity contribution in [3.8, 4) is 11.5 Å². The van der Waals surface area contributed by atoms with Crippen LogP contribution in [0.3, 0.4) is 0 Å². The van der Waals surface area contributed by atoms with Crippen molar-refractivity contribution in [1.29, 1.82) is 0 Å². The summed E-state index contributed by atoms with van der Waals surface area (Å²) in [5.74, 6) is 1.87. The van der Waals surface area contributed by atoms with Crippen LogP contribution in [0.2, 0.25) is 0 Å². The second kappa shape index (κ2) is 7.53. The van der Waals surface area contributed by atoms with E-state index >= 15 is 0 Å². The minimum atomic E-state index is 0.0634. The lowest BCUT2D eigenvalue weighted by atomic mass is 9.77. The molecule has 1 N–H and O–H groups in total. The first-order valence-electron chi connectivity index (χ1n) is 7.90. The molecule has 1 saturated carbocycles. The number of nitrogens with one attached hydrogen (secondary N) is 1. The van der Waals surface area contributed by atoms with Gasteiger partial charge in [-0.1, -0.05) is 6.92 Å². The molecule has 0 aliphatic heterocycles. The lowest BCUT2D eigenvalue weighted by molar-refractivity contribution is -0.0142. The normalized spacial score (nSPS) is 16.5. The highest BCUT2D eigenvalue weighted by molar-refractivity contribution is 5.32. The third-order valence-corrected chi connectivity index (χ3v) is 3.92. The average molecular weight is 277 g/mol. The quantitative estimate of drug-likeness (QED) is 0.697. The van der Waals surface area contributed by atoms with Crippen LogP contribution in [0.5, 0.6) is 11.5 Å². The summed E-state index contributed by atoms with van der Waals surface area (Å²) in [6.07, 6.45) is 5.92. The van der Waals surface area contributed by atoms with Crippen LogP contribution in [0.25, 0.3) is 0 Å². The van der Waals surface area contributed by atoms with E-state index in [1.54, 1.807) is 0 Å². The predicted octanol–water partition coefficient (Wildman–Crippen LogP) is 3.78. The zero-order valence-corrected chi connectivity index (χ0v) is 12.8. The van der Waals surface area contributed by atoms with Crippen molar-refractivity contribution in [1.82, 2.24) is 5.32 Å². The van der Waals surface area contributed by atoms with Gasteiger partial charge in [-0.3, -0.25) is 0 Å². The zero-order valence-electron chi connectivity index (χ0n) is 12.8. The second-order valence-electron chi connectivity index (χ2n) is 5.54. The van der Waals surface area contributed by atoms with Crippen molar-refractivity contribution in [2.45, 2.75) is 51.6 Å². The largest absolute Gasteiger partial charge is 0.494 e. The van der Waals surface area contributed by atoms with Gasteiger partial charge in [0.15, 0.2) is 0 Å². The highest BCUT2D eigenvalue weighted by Gasteiger charge is 2.38. The molecule has 3 nitrogen and oxygen atoms in total. The molecule has 0 heterocycles. The van der Waals surface area contributed by atoms with Crippen molar-refractivity contribution in [2.24, 2.45) is 0 Å². The number of benzene rings is 1. The molecule has 0 spiro atoms. The molecular formula is C17H27NO2. The Morgan fingerprint density at radius 1 is 1.05 bits per heavy atom. The Kier molecular flexibility index (Phi) is 5.72. The van der Waals surface area contributed by atoms with E-state index in [4.69, 9.17) is 9.47 Å². The molecule has 2 rings (SSSR count). The fraction of sp³-hybridized carbons (Fsp3) is 0.647. The van der Waals surface area contributed by atoms with E-state index < -0.39 is 0 Å². The minimum Gasteiger partial charge on any atom is -0.494 e. The summed E-state index contributed by atoms with van der Waals surface area (Å²) in [7, 11) is 0. The summed E-state index contributed by atoms with van der Waals surface area (Å²) in [4.78, 5) is 0. The summed E-state index contributed by atoms with van der Waals surface area (Å²) in [6.45, 7) is 7.04. The summed E-state index contributed by atoms with van der Waals surface area (Å²) >= 11 is 0. The fourth-order valence-electron chi connectivity index (χ4n) is 2.61. The Morgan fingerprint density at radius 2 is 1.75 bits per heavy atom. The lowest BCUT2D eigenvalue weighted by Crippen LogP contribution is -2.45. The van der Waals surface area contributed by atoms with E-state index in [1.807, 2.05) is 31.2 Å². The van der Waals surface area contributed by atoms with Crippen LogP contribution in [0.4, 0.5) is 0 Å². The van der Waals surface area contributed by atoms with Gasteiger partial charge in [-0.15, -0.1) is 0 Å². The van der Waals surface area contributed by atoms with E-state index in [0.717, 1.165) is 31.0 Å². The molecule has 3 heteroatoms. The van der Waals surface area contributed by atoms with Gasteiger partial charge >= 0.3 is 0 Å². The molecule has 0 aromatic heterocycles. The van der Waals surface area contributed by atoms with Crippen LogP contribution in [-0.4, -0.2) is 25.3 Å². The third-order valence-electron chi connectivity index (χ3n) is 3.92. The van der Waals surface area contributed by atoms with Crippen LogP contribution < -0.4 is 14.8 Å². The van der Waals surface area contributed by atoms with Gasteiger partial charge in [-0.05, 0) is 76.4 Å². The average Bonchev–Trinajstić information content (AvgIpc) is 2.43. The Bertz CT molecular complexity index is 384. The molecule has 0 saturated heterocycles. The second-order valence-corrected chi connectivity index (χ2v) is 5.54. The maximum atomic E-state index is 6.26. The SMILES string of the molecule is CCCNCCC1(Oc2ccc(OCC)cc2)CCC1. The van der Waals surface area contributed by atoms with Gasteiger partial charge in [-0.2, -0.15) is 0 Å². The molecule has 1 aromatic rings. The van der Waals surface area contributed by atoms with Crippen molar-refractivity contribution < 1.29 is 9.47 Å². The number of rotatable bonds is 9. The van der Waals surface area contributed by atoms with Crippen LogP contribution in [0.15, 0.2) is 24.3 Å². The van der Waals surface area contributed by atoms with Gasteiger partial charge < -0.3 is 14.8 Å². The Morgan fingerprint density at radius 3 is 2.30 bits per heavy atom. The number of hydrogen-bond donors (Lipinski definition) is 1. The Balaban J connectivity index is 1.85. The van der Waals surface area contributed by atoms with Crippen LogP contribution in [0, 0.1) is 0 Å². The van der Waals surface area contributed by atoms with Gasteiger partial charge in [0.05, 0.1) is 6.61 Å². The van der Waals surface area contributed by atoms with Gasteiger partial charge in [-0.25, -0.2) is 0 Å². The summed E-state index contributed by atoms with van der Waals surface area (Å²) in [5.41, 5.74) is 0.0634. The molecule has 1 aliphatic rings. The molecule has 0 bridgehead atoms. The smallest absolute Gasteiger partial charge is 0.120 e. The molecule has 0 radical (unpaired) electrons. The molecule has 0 atom stereocenters. The van der Waals surface area contributed by atoms with Crippen molar-refractivity contribution in [2.75, 3.05) is 19.7 Å². The Labute approximate surface area is 122 Å². The highest BCUT2D eigenvalue weighted by Crippen LogP contribution is 2.39. The maximum absolute atomic E-state index is 6.26. The monoisotopic (exact) mass is 277 g/mol. The number of ether oxygens (including phenoxy) is 2. The van der Waals surface area contributed by atoms with E-state index in [9.17, 15) is 0 Å². The van der Waals surface area contributed by atoms with Crippen LogP contribution in [-0.2, 0) is 0 Å². The standard InChI is InChI=1S/C17H27NO2/c1-3-13-18-14-12-17(10-5-11-17)20-16-8-6-15(7-9-16)19-4-2/h6-9,18H,3-5,10-14H2,1-2H3. The van der Waals surface area contributed by atoms with E-state index in [-0.39, 0.29) is 5.60 Å². The van der Waals surface area contributed by atoms with Crippen molar-refractivity contribution >= 4 is 0 Å². The molecule has 0 unspecified atom stereocenters. The van der Waals surface area contributed by atoms with E-state index in [0.29, 0.717) is 6.61 Å². The zero-order chi connectivity index (χ0) is 14.3. The van der Waals surface area contributed by atoms with Gasteiger partial charge in [0.1, 0.15) is 17.1 Å². The molecule has 1 fully saturated rings. The third kappa shape index (κ3) is 4.14. The molecule has 0 amide bonds. The molecule has 20 heavy (non-hydrogen) atoms. The van der Waals surface area contributed by atoms with Gasteiger partial charge in [0.25, 0.3) is 0 Å². The van der Waals surface area contributed by atoms with Crippen LogP contribution in [0.1, 0.15) is 46.0 Å². The molecule has 1 aliphatic carbocycles. The van der Waals surface area contributed by atoms with Crippen molar-refractivity contribution in [3.05, 3.63) is 24.3 Å². The van der Waals surface area contributed by atoms with Gasteiger partial charge in [0, 0.05) is 0 Å². The van der Waals surface area contributed by atoms with Crippen molar-refractivity contribution in [3.63, 3.8) is 0 Å². The molecule has 1 aromatic carbocycles. The first-order valence-corrected chi connectivity index (χ1v) is 7.90. The number of hydrogen-bond acceptors (Lipinski definition) is 3. The first-order chi connectivity index (χ1) is 9.78. The minimum absolute atomic E-state index is 0.0634. The maximum Gasteiger partial charge on any atom is 0.120 e. The summed E-state index contributed by atoms with van der Waals surface area (Å²) in [6, 6.07) is 8.01. The van der Waals surface area contributed by atoms with E-state index in [1.165, 1.54) is 25.7 Å². The lowest BCUT2D eigenvalue weighted by Gasteiger charge is -2.42. The molecule has 112 valence electrons. The van der Waals surface area contributed by atoms with Crippen LogP contribution >= 0.6 is 0 Å². The first kappa shape index (κ1) is 15.2. The summed E-state index contributed by atoms with van der Waals surface area (Å²) in [5, 5.41) is 3.47. The molecular weight excluding hydrogens is 250 g/mol. The fourth-order valence-corrected chi connectivity index (χ4v) is 2.61. The summed E-state index contributed by atoms with van der Waals surface area (Å²) < 4.78 is 11.7. The van der Waals surface area contributed by atoms with Gasteiger partial charge in [0.2, 0.25) is 0 Å². The predicted molar refractivity (Wildman–Crippen MR) is 82.6 cm³/mol. The van der Waals surface area contributed by atoms with E-state index in [2.05, 4.69) is 12.2 Å². The topological polar surface area (TPSA) is 30.5 Å². The Hall–Kier alpha value is -1.22. The highest BCUT2D eigenvalue weighted by atomic mass is 16.5.